The summed E-state index contributed by atoms with van der Waals surface area (Å²) < 4.78 is 71.9. The lowest BCUT2D eigenvalue weighted by atomic mass is 9.98. The number of halogens is 3. The fraction of sp³-hybridized carbons (Fsp3) is 0.636. The second-order valence-electron chi connectivity index (χ2n) is 8.68. The van der Waals surface area contributed by atoms with Crippen LogP contribution >= 0.6 is 0 Å². The smallest absolute Gasteiger partial charge is 0.417 e. The van der Waals surface area contributed by atoms with E-state index in [1.165, 1.54) is 13.0 Å². The summed E-state index contributed by atoms with van der Waals surface area (Å²) in [6.07, 6.45) is -5.63. The number of piperidine rings is 1. The third-order valence-corrected chi connectivity index (χ3v) is 7.56. The lowest BCUT2D eigenvalue weighted by Crippen LogP contribution is -2.48. The normalized spacial score (nSPS) is 17.3. The van der Waals surface area contributed by atoms with E-state index in [1.807, 2.05) is 27.7 Å². The molecular weight excluding hydrogens is 461 g/mol. The summed E-state index contributed by atoms with van der Waals surface area (Å²) in [6.45, 7) is 8.69. The van der Waals surface area contributed by atoms with Gasteiger partial charge < -0.3 is 9.64 Å². The van der Waals surface area contributed by atoms with Crippen LogP contribution in [0, 0.1) is 5.92 Å². The summed E-state index contributed by atoms with van der Waals surface area (Å²) >= 11 is 0. The van der Waals surface area contributed by atoms with E-state index in [2.05, 4.69) is 0 Å². The van der Waals surface area contributed by atoms with Gasteiger partial charge in [0.2, 0.25) is 10.0 Å². The van der Waals surface area contributed by atoms with Crippen molar-refractivity contribution in [3.8, 4) is 0 Å². The quantitative estimate of drug-likeness (QED) is 0.542. The number of amides is 1. The highest BCUT2D eigenvalue weighted by Crippen LogP contribution is 2.36. The van der Waals surface area contributed by atoms with Crippen molar-refractivity contribution < 1.29 is 35.9 Å². The van der Waals surface area contributed by atoms with Crippen LogP contribution < -0.4 is 0 Å². The second-order valence-corrected chi connectivity index (χ2v) is 10.6. The van der Waals surface area contributed by atoms with Gasteiger partial charge in [-0.05, 0) is 59.6 Å². The summed E-state index contributed by atoms with van der Waals surface area (Å²) in [6, 6.07) is 3.88. The number of carbonyl (C=O) groups is 2. The van der Waals surface area contributed by atoms with Crippen LogP contribution in [0.1, 0.15) is 53.0 Å². The molecule has 1 aliphatic rings. The average molecular weight is 493 g/mol. The molecule has 186 valence electrons. The first-order valence-corrected chi connectivity index (χ1v) is 12.3. The Kier molecular flexibility index (Phi) is 8.56. The Morgan fingerprint density at radius 3 is 2.03 bits per heavy atom. The number of ether oxygens (including phenoxy) is 1. The van der Waals surface area contributed by atoms with Gasteiger partial charge in [0.15, 0.2) is 6.10 Å². The fourth-order valence-electron chi connectivity index (χ4n) is 4.03. The van der Waals surface area contributed by atoms with Crippen LogP contribution in [0.15, 0.2) is 29.2 Å². The minimum absolute atomic E-state index is 0.0772. The number of esters is 1. The lowest BCUT2D eigenvalue weighted by Gasteiger charge is -2.34. The molecule has 1 amide bonds. The molecule has 1 unspecified atom stereocenters. The molecule has 1 atom stereocenters. The SMILES string of the molecule is CC(OC(=O)C1CCN(S(=O)(=O)c2ccccc2C(F)(F)F)CC1)C(=O)N(C(C)C)C(C)C. The monoisotopic (exact) mass is 492 g/mol. The maximum Gasteiger partial charge on any atom is 0.417 e. The molecule has 7 nitrogen and oxygen atoms in total. The van der Waals surface area contributed by atoms with Crippen molar-refractivity contribution >= 4 is 21.9 Å². The molecule has 1 saturated heterocycles. The molecule has 2 rings (SSSR count). The zero-order chi connectivity index (χ0) is 25.1. The third-order valence-electron chi connectivity index (χ3n) is 5.61. The number of carbonyl (C=O) groups excluding carboxylic acids is 2. The Morgan fingerprint density at radius 1 is 1.03 bits per heavy atom. The van der Waals surface area contributed by atoms with E-state index in [4.69, 9.17) is 4.74 Å². The van der Waals surface area contributed by atoms with Crippen LogP contribution in [0.25, 0.3) is 0 Å². The van der Waals surface area contributed by atoms with E-state index in [0.717, 1.165) is 22.5 Å². The molecule has 33 heavy (non-hydrogen) atoms. The minimum atomic E-state index is -4.81. The van der Waals surface area contributed by atoms with Crippen LogP contribution in [0.3, 0.4) is 0 Å². The summed E-state index contributed by atoms with van der Waals surface area (Å²) in [5.41, 5.74) is -1.22. The van der Waals surface area contributed by atoms with E-state index in [9.17, 15) is 31.2 Å². The Bertz CT molecular complexity index is 947. The molecule has 0 saturated carbocycles. The first-order valence-electron chi connectivity index (χ1n) is 10.9. The molecule has 0 aromatic heterocycles. The maximum atomic E-state index is 13.3. The molecule has 0 aliphatic carbocycles. The number of nitrogens with zero attached hydrogens (tertiary/aromatic N) is 2. The van der Waals surface area contributed by atoms with E-state index in [-0.39, 0.29) is 43.9 Å². The van der Waals surface area contributed by atoms with Gasteiger partial charge in [-0.2, -0.15) is 17.5 Å². The zero-order valence-corrected chi connectivity index (χ0v) is 20.2. The van der Waals surface area contributed by atoms with Crippen molar-refractivity contribution in [2.45, 2.75) is 76.7 Å². The molecule has 1 fully saturated rings. The first kappa shape index (κ1) is 27.1. The maximum absolute atomic E-state index is 13.3. The van der Waals surface area contributed by atoms with E-state index in [0.29, 0.717) is 0 Å². The fourth-order valence-corrected chi connectivity index (χ4v) is 5.71. The van der Waals surface area contributed by atoms with Crippen LogP contribution in [0.4, 0.5) is 13.2 Å². The van der Waals surface area contributed by atoms with Crippen molar-refractivity contribution in [3.05, 3.63) is 29.8 Å². The number of hydrogen-bond acceptors (Lipinski definition) is 5. The summed E-state index contributed by atoms with van der Waals surface area (Å²) in [5.74, 6) is -1.58. The van der Waals surface area contributed by atoms with E-state index in [1.54, 1.807) is 4.90 Å². The van der Waals surface area contributed by atoms with Gasteiger partial charge >= 0.3 is 12.1 Å². The summed E-state index contributed by atoms with van der Waals surface area (Å²) in [4.78, 5) is 26.1. The molecule has 0 spiro atoms. The predicted octanol–water partition coefficient (Wildman–Crippen LogP) is 3.68. The van der Waals surface area contributed by atoms with Gasteiger partial charge in [-0.15, -0.1) is 0 Å². The van der Waals surface area contributed by atoms with E-state index < -0.39 is 44.6 Å². The highest BCUT2D eigenvalue weighted by Gasteiger charge is 2.40. The van der Waals surface area contributed by atoms with Crippen molar-refractivity contribution in [2.24, 2.45) is 5.92 Å². The number of benzene rings is 1. The molecule has 1 aliphatic heterocycles. The van der Waals surface area contributed by atoms with E-state index >= 15 is 0 Å². The van der Waals surface area contributed by atoms with Gasteiger partial charge in [0.25, 0.3) is 5.91 Å². The largest absolute Gasteiger partial charge is 0.452 e. The van der Waals surface area contributed by atoms with Gasteiger partial charge in [0, 0.05) is 25.2 Å². The van der Waals surface area contributed by atoms with Crippen LogP contribution in [0.2, 0.25) is 0 Å². The highest BCUT2D eigenvalue weighted by molar-refractivity contribution is 7.89. The molecular formula is C22H31F3N2O5S. The van der Waals surface area contributed by atoms with Crippen LogP contribution in [-0.4, -0.2) is 60.8 Å². The van der Waals surface area contributed by atoms with Crippen molar-refractivity contribution in [2.75, 3.05) is 13.1 Å². The van der Waals surface area contributed by atoms with Gasteiger partial charge in [0.1, 0.15) is 0 Å². The molecule has 1 aromatic rings. The van der Waals surface area contributed by atoms with Crippen LogP contribution in [-0.2, 0) is 30.5 Å². The first-order chi connectivity index (χ1) is 15.2. The predicted molar refractivity (Wildman–Crippen MR) is 116 cm³/mol. The molecule has 1 aromatic carbocycles. The molecule has 0 radical (unpaired) electrons. The van der Waals surface area contributed by atoms with Crippen LogP contribution in [0.5, 0.6) is 0 Å². The Morgan fingerprint density at radius 2 is 1.55 bits per heavy atom. The van der Waals surface area contributed by atoms with Crippen molar-refractivity contribution in [1.29, 1.82) is 0 Å². The number of hydrogen-bond donors (Lipinski definition) is 0. The summed E-state index contributed by atoms with van der Waals surface area (Å²) in [7, 11) is -4.39. The third kappa shape index (κ3) is 6.26. The Labute approximate surface area is 192 Å². The summed E-state index contributed by atoms with van der Waals surface area (Å²) in [5, 5.41) is 0. The molecule has 0 N–H and O–H groups in total. The topological polar surface area (TPSA) is 84.0 Å². The van der Waals surface area contributed by atoms with Gasteiger partial charge in [0.05, 0.1) is 16.4 Å². The number of sulfonamides is 1. The molecule has 0 bridgehead atoms. The molecule has 11 heteroatoms. The highest BCUT2D eigenvalue weighted by atomic mass is 32.2. The molecule has 1 heterocycles. The second kappa shape index (κ2) is 10.4. The van der Waals surface area contributed by atoms with Gasteiger partial charge in [-0.3, -0.25) is 9.59 Å². The Hall–Kier alpha value is -2.14. The standard InChI is InChI=1S/C22H31F3N2O5S/c1-14(2)27(15(3)4)20(28)16(5)32-21(29)17-10-12-26(13-11-17)33(30,31)19-9-7-6-8-18(19)22(23,24)25/h6-9,14-17H,10-13H2,1-5H3. The number of alkyl halides is 3. The minimum Gasteiger partial charge on any atom is -0.452 e. The van der Waals surface area contributed by atoms with Gasteiger partial charge in [-0.1, -0.05) is 12.1 Å². The Balaban J connectivity index is 2.05. The van der Waals surface area contributed by atoms with Crippen molar-refractivity contribution in [3.63, 3.8) is 0 Å². The van der Waals surface area contributed by atoms with Gasteiger partial charge in [-0.25, -0.2) is 8.42 Å². The number of rotatable bonds is 7. The lowest BCUT2D eigenvalue weighted by molar-refractivity contribution is -0.165. The van der Waals surface area contributed by atoms with Crippen molar-refractivity contribution in [1.82, 2.24) is 9.21 Å². The average Bonchev–Trinajstić information content (AvgIpc) is 2.72. The zero-order valence-electron chi connectivity index (χ0n) is 19.4.